The molecule has 0 radical (unpaired) electrons. The summed E-state index contributed by atoms with van der Waals surface area (Å²) in [5.41, 5.74) is -2.25. The van der Waals surface area contributed by atoms with Gasteiger partial charge in [-0.1, -0.05) is 63.3 Å². The Kier molecular flexibility index (Phi) is 9.17. The van der Waals surface area contributed by atoms with Crippen LogP contribution >= 0.6 is 0 Å². The van der Waals surface area contributed by atoms with Crippen molar-refractivity contribution in [2.24, 2.45) is 11.3 Å². The van der Waals surface area contributed by atoms with Gasteiger partial charge in [0, 0.05) is 5.92 Å². The number of carbonyl (C=O) groups is 2. The molecule has 0 aromatic heterocycles. The molecule has 5 unspecified atom stereocenters. The molecule has 212 valence electrons. The van der Waals surface area contributed by atoms with Gasteiger partial charge >= 0.3 is 5.97 Å². The van der Waals surface area contributed by atoms with E-state index >= 15 is 0 Å². The summed E-state index contributed by atoms with van der Waals surface area (Å²) in [6, 6.07) is 9.65. The van der Waals surface area contributed by atoms with Crippen molar-refractivity contribution in [2.45, 2.75) is 96.8 Å². The minimum Gasteiger partial charge on any atom is -0.466 e. The maximum atomic E-state index is 13.6. The topological polar surface area (TPSA) is 94.5 Å². The van der Waals surface area contributed by atoms with Crippen molar-refractivity contribution in [2.75, 3.05) is 6.61 Å². The minimum atomic E-state index is -2.26. The zero-order valence-electron chi connectivity index (χ0n) is 24.3. The molecular formula is C28H45NO7Si2. The second-order valence-corrected chi connectivity index (χ2v) is 19.5. The van der Waals surface area contributed by atoms with Gasteiger partial charge in [-0.05, 0) is 50.6 Å². The second-order valence-electron chi connectivity index (χ2n) is 12.6. The summed E-state index contributed by atoms with van der Waals surface area (Å²) < 4.78 is 18.5. The van der Waals surface area contributed by atoms with Gasteiger partial charge in [-0.15, -0.1) is 0 Å². The molecule has 1 spiro atoms. The molecule has 0 saturated carbocycles. The van der Waals surface area contributed by atoms with Crippen LogP contribution in [0.25, 0.3) is 0 Å². The molecule has 1 amide bonds. The molecule has 10 heteroatoms. The monoisotopic (exact) mass is 563 g/mol. The number of amides is 1. The quantitative estimate of drug-likeness (QED) is 0.197. The van der Waals surface area contributed by atoms with E-state index in [2.05, 4.69) is 19.6 Å². The fourth-order valence-electron chi connectivity index (χ4n) is 5.65. The second kappa shape index (κ2) is 11.3. The van der Waals surface area contributed by atoms with Crippen LogP contribution in [0.5, 0.6) is 0 Å². The van der Waals surface area contributed by atoms with Crippen molar-refractivity contribution in [3.8, 4) is 0 Å². The minimum absolute atomic E-state index is 0.195. The molecule has 8 nitrogen and oxygen atoms in total. The first kappa shape index (κ1) is 30.7. The van der Waals surface area contributed by atoms with Crippen LogP contribution in [0.3, 0.4) is 0 Å². The number of rotatable bonds is 10. The Morgan fingerprint density at radius 1 is 1.13 bits per heavy atom. The molecule has 1 saturated heterocycles. The van der Waals surface area contributed by atoms with Gasteiger partial charge in [-0.2, -0.15) is 0 Å². The summed E-state index contributed by atoms with van der Waals surface area (Å²) in [7, 11) is -3.92. The first-order chi connectivity index (χ1) is 17.5. The average molecular weight is 564 g/mol. The van der Waals surface area contributed by atoms with Crippen LogP contribution in [-0.4, -0.2) is 69.4 Å². The molecule has 3 rings (SSSR count). The van der Waals surface area contributed by atoms with E-state index in [1.807, 2.05) is 64.2 Å². The van der Waals surface area contributed by atoms with Gasteiger partial charge in [-0.3, -0.25) is 14.4 Å². The zero-order valence-corrected chi connectivity index (χ0v) is 26.5. The fourth-order valence-corrected chi connectivity index (χ4v) is 7.61. The number of ether oxygens (including phenoxy) is 1. The summed E-state index contributed by atoms with van der Waals surface area (Å²) in [5.74, 6) is -1.33. The van der Waals surface area contributed by atoms with Crippen LogP contribution in [0.1, 0.15) is 39.7 Å². The largest absolute Gasteiger partial charge is 0.466 e. The van der Waals surface area contributed by atoms with E-state index in [1.165, 1.54) is 5.06 Å². The van der Waals surface area contributed by atoms with Crippen molar-refractivity contribution in [1.29, 1.82) is 0 Å². The van der Waals surface area contributed by atoms with E-state index in [-0.39, 0.29) is 25.5 Å². The highest BCUT2D eigenvalue weighted by Gasteiger charge is 2.72. The third kappa shape index (κ3) is 6.31. The number of carbonyl (C=O) groups excluding carboxylic acids is 2. The smallest absolute Gasteiger partial charge is 0.309 e. The van der Waals surface area contributed by atoms with Crippen LogP contribution < -0.4 is 0 Å². The van der Waals surface area contributed by atoms with Crippen molar-refractivity contribution in [3.05, 3.63) is 48.0 Å². The van der Waals surface area contributed by atoms with Crippen LogP contribution in [0.15, 0.2) is 42.5 Å². The van der Waals surface area contributed by atoms with Crippen molar-refractivity contribution >= 4 is 29.2 Å². The Balaban J connectivity index is 2.17. The average Bonchev–Trinajstić information content (AvgIpc) is 2.77. The van der Waals surface area contributed by atoms with Crippen LogP contribution in [0.2, 0.25) is 32.7 Å². The predicted octanol–water partition coefficient (Wildman–Crippen LogP) is 4.20. The van der Waals surface area contributed by atoms with Crippen molar-refractivity contribution in [3.63, 3.8) is 0 Å². The molecule has 0 bridgehead atoms. The maximum absolute atomic E-state index is 13.6. The molecule has 1 fully saturated rings. The lowest BCUT2D eigenvalue weighted by Gasteiger charge is -2.64. The SMILES string of the molecule is CCOC(=O)CC1(O)C=CC2(C(O[SiH](C)C)C(=O)N2OCc2ccccc2)C(O[Si](C)(C)C)C1C(C)(C)C. The molecule has 1 heterocycles. The Morgan fingerprint density at radius 3 is 2.29 bits per heavy atom. The Labute approximate surface area is 230 Å². The molecule has 1 N–H and O–H groups in total. The fraction of sp³-hybridized carbons (Fsp3) is 0.643. The summed E-state index contributed by atoms with van der Waals surface area (Å²) >= 11 is 0. The molecule has 1 aliphatic carbocycles. The van der Waals surface area contributed by atoms with Crippen molar-refractivity contribution in [1.82, 2.24) is 5.06 Å². The van der Waals surface area contributed by atoms with E-state index in [9.17, 15) is 14.7 Å². The van der Waals surface area contributed by atoms with E-state index in [4.69, 9.17) is 18.4 Å². The van der Waals surface area contributed by atoms with E-state index in [0.717, 1.165) is 5.56 Å². The Hall–Kier alpha value is -1.83. The number of nitrogens with zero attached hydrogens (tertiary/aromatic N) is 1. The molecule has 1 aliphatic heterocycles. The van der Waals surface area contributed by atoms with Crippen LogP contribution in [0.4, 0.5) is 0 Å². The van der Waals surface area contributed by atoms with E-state index in [0.29, 0.717) is 0 Å². The van der Waals surface area contributed by atoms with Gasteiger partial charge in [0.1, 0.15) is 12.1 Å². The van der Waals surface area contributed by atoms with Gasteiger partial charge < -0.3 is 18.7 Å². The van der Waals surface area contributed by atoms with Gasteiger partial charge in [0.15, 0.2) is 23.5 Å². The molecule has 2 aliphatic rings. The number of hydrogen-bond acceptors (Lipinski definition) is 7. The van der Waals surface area contributed by atoms with Crippen LogP contribution in [-0.2, 0) is 34.6 Å². The molecule has 5 atom stereocenters. The lowest BCUT2D eigenvalue weighted by Crippen LogP contribution is -2.83. The third-order valence-electron chi connectivity index (χ3n) is 6.89. The van der Waals surface area contributed by atoms with Gasteiger partial charge in [0.25, 0.3) is 5.91 Å². The van der Waals surface area contributed by atoms with E-state index in [1.54, 1.807) is 19.1 Å². The number of hydrogen-bond donors (Lipinski definition) is 1. The lowest BCUT2D eigenvalue weighted by atomic mass is 9.56. The number of benzene rings is 1. The predicted molar refractivity (Wildman–Crippen MR) is 151 cm³/mol. The summed E-state index contributed by atoms with van der Waals surface area (Å²) in [6.07, 6.45) is 1.72. The summed E-state index contributed by atoms with van der Waals surface area (Å²) in [6.45, 7) is 18.5. The molecule has 1 aromatic rings. The maximum Gasteiger partial charge on any atom is 0.309 e. The van der Waals surface area contributed by atoms with Gasteiger partial charge in [0.2, 0.25) is 0 Å². The highest BCUT2D eigenvalue weighted by Crippen LogP contribution is 2.55. The lowest BCUT2D eigenvalue weighted by molar-refractivity contribution is -0.307. The normalized spacial score (nSPS) is 29.6. The summed E-state index contributed by atoms with van der Waals surface area (Å²) in [5, 5.41) is 13.5. The molecule has 1 aromatic carbocycles. The number of aliphatic hydroxyl groups is 1. The Morgan fingerprint density at radius 2 is 1.76 bits per heavy atom. The van der Waals surface area contributed by atoms with Gasteiger partial charge in [0.05, 0.1) is 24.7 Å². The molecular weight excluding hydrogens is 518 g/mol. The van der Waals surface area contributed by atoms with Crippen molar-refractivity contribution < 1.29 is 33.1 Å². The standard InChI is InChI=1S/C28H45NO7Si2/c1-10-33-21(30)18-27(32)16-17-28(23(36-38(7,8)9)22(27)26(2,3)4)24(35-37(5)6)25(31)29(28)34-19-20-14-12-11-13-15-20/h11-17,22-24,32,37H,10,18-19H2,1-9H3. The zero-order chi connectivity index (χ0) is 28.5. The number of esters is 1. The highest BCUT2D eigenvalue weighted by atomic mass is 28.4. The molecule has 38 heavy (non-hydrogen) atoms. The first-order valence-corrected chi connectivity index (χ1v) is 19.7. The third-order valence-corrected chi connectivity index (χ3v) is 8.67. The number of hydroxylamine groups is 2. The van der Waals surface area contributed by atoms with Crippen LogP contribution in [0, 0.1) is 11.3 Å². The Bertz CT molecular complexity index is 1020. The summed E-state index contributed by atoms with van der Waals surface area (Å²) in [4.78, 5) is 32.4. The van der Waals surface area contributed by atoms with E-state index < -0.39 is 58.0 Å². The number of β-lactam (4-membered cyclic amide) rings is 1. The highest BCUT2D eigenvalue weighted by molar-refractivity contribution is 6.69. The van der Waals surface area contributed by atoms with Gasteiger partial charge in [-0.25, -0.2) is 5.06 Å². The first-order valence-electron chi connectivity index (χ1n) is 13.5.